The van der Waals surface area contributed by atoms with E-state index in [2.05, 4.69) is 159 Å². The van der Waals surface area contributed by atoms with E-state index >= 15 is 0 Å². The molecule has 0 aliphatic carbocycles. The van der Waals surface area contributed by atoms with Crippen molar-refractivity contribution in [2.45, 2.75) is 72.5 Å². The summed E-state index contributed by atoms with van der Waals surface area (Å²) in [7, 11) is -2.75. The minimum absolute atomic E-state index is 0.116. The predicted octanol–water partition coefficient (Wildman–Crippen LogP) is 10.7. The Hall–Kier alpha value is -4.70. The normalized spacial score (nSPS) is 14.0. The lowest BCUT2D eigenvalue weighted by atomic mass is 9.84. The fourth-order valence-corrected chi connectivity index (χ4v) is 13.6. The van der Waals surface area contributed by atoms with Gasteiger partial charge in [0.2, 0.25) is 0 Å². The van der Waals surface area contributed by atoms with Crippen LogP contribution in [0.15, 0.2) is 126 Å². The van der Waals surface area contributed by atoms with Crippen molar-refractivity contribution in [3.8, 4) is 11.3 Å². The number of carbonyl (C=O) groups is 1. The number of pyridine rings is 1. The molecule has 7 nitrogen and oxygen atoms in total. The number of H-pyrrole nitrogens is 1. The number of benzene rings is 4. The first kappa shape index (κ1) is 41.5. The lowest BCUT2D eigenvalue weighted by Crippen LogP contribution is -2.67. The SMILES string of the molecule is CC(C)c1ncc(N2CCN(C(=O)OCc3ccccc3)CC2)cc1-c1[nH]c2ccc(Br)cc2c1CC(C)(C)CO[Si](c1ccccc1)(c1ccccc1)C(C)(C)C. The lowest BCUT2D eigenvalue weighted by Gasteiger charge is -2.44. The predicted molar refractivity (Wildman–Crippen MR) is 245 cm³/mol. The number of amides is 1. The summed E-state index contributed by atoms with van der Waals surface area (Å²) in [6.07, 6.45) is 2.53. The molecule has 0 spiro atoms. The van der Waals surface area contributed by atoms with E-state index in [1.165, 1.54) is 21.3 Å². The quantitative estimate of drug-likeness (QED) is 0.124. The van der Waals surface area contributed by atoms with Crippen LogP contribution in [0.2, 0.25) is 5.04 Å². The van der Waals surface area contributed by atoms with Gasteiger partial charge in [-0.15, -0.1) is 0 Å². The van der Waals surface area contributed by atoms with Crippen LogP contribution in [0, 0.1) is 5.41 Å². The van der Waals surface area contributed by atoms with Crippen LogP contribution in [-0.2, 0) is 22.2 Å². The molecular weight excluding hydrogens is 801 g/mol. The van der Waals surface area contributed by atoms with Gasteiger partial charge in [-0.05, 0) is 68.6 Å². The summed E-state index contributed by atoms with van der Waals surface area (Å²) in [6.45, 7) is 19.6. The number of nitrogens with one attached hydrogen (secondary N) is 1. The monoisotopic (exact) mass is 856 g/mol. The molecule has 2 aromatic heterocycles. The van der Waals surface area contributed by atoms with Crippen molar-refractivity contribution < 1.29 is 14.0 Å². The Morgan fingerprint density at radius 1 is 0.828 bits per heavy atom. The smallest absolute Gasteiger partial charge is 0.410 e. The summed E-state index contributed by atoms with van der Waals surface area (Å²) in [5.41, 5.74) is 7.44. The Kier molecular flexibility index (Phi) is 12.3. The maximum atomic E-state index is 13.0. The highest BCUT2D eigenvalue weighted by molar-refractivity contribution is 9.10. The molecule has 1 N–H and O–H groups in total. The van der Waals surface area contributed by atoms with E-state index in [-0.39, 0.29) is 29.1 Å². The summed E-state index contributed by atoms with van der Waals surface area (Å²) < 4.78 is 14.3. The van der Waals surface area contributed by atoms with E-state index in [0.717, 1.165) is 44.6 Å². The Labute approximate surface area is 354 Å². The van der Waals surface area contributed by atoms with Gasteiger partial charge in [-0.25, -0.2) is 4.79 Å². The topological polar surface area (TPSA) is 70.7 Å². The number of halogens is 1. The molecule has 0 atom stereocenters. The van der Waals surface area contributed by atoms with E-state index in [1.54, 1.807) is 4.90 Å². The molecule has 1 aliphatic heterocycles. The first-order valence-electron chi connectivity index (χ1n) is 20.5. The van der Waals surface area contributed by atoms with Crippen LogP contribution >= 0.6 is 15.9 Å². The van der Waals surface area contributed by atoms with E-state index in [9.17, 15) is 4.79 Å². The maximum absolute atomic E-state index is 13.0. The zero-order valence-corrected chi connectivity index (χ0v) is 37.6. The van der Waals surface area contributed by atoms with Gasteiger partial charge in [-0.2, -0.15) is 0 Å². The molecule has 0 bridgehead atoms. The lowest BCUT2D eigenvalue weighted by molar-refractivity contribution is 0.0942. The van der Waals surface area contributed by atoms with Crippen molar-refractivity contribution in [1.29, 1.82) is 0 Å². The zero-order valence-electron chi connectivity index (χ0n) is 35.0. The maximum Gasteiger partial charge on any atom is 0.410 e. The first-order chi connectivity index (χ1) is 27.8. The van der Waals surface area contributed by atoms with E-state index in [1.807, 2.05) is 36.5 Å². The van der Waals surface area contributed by atoms with Crippen molar-refractivity contribution in [2.75, 3.05) is 37.7 Å². The molecule has 9 heteroatoms. The molecule has 4 aromatic carbocycles. The summed E-state index contributed by atoms with van der Waals surface area (Å²) in [5, 5.41) is 3.66. The highest BCUT2D eigenvalue weighted by Crippen LogP contribution is 2.42. The van der Waals surface area contributed by atoms with Crippen LogP contribution < -0.4 is 15.3 Å². The number of anilines is 1. The Bertz CT molecular complexity index is 2280. The molecule has 1 fully saturated rings. The third-order valence-corrected chi connectivity index (χ3v) is 16.9. The Morgan fingerprint density at radius 2 is 1.43 bits per heavy atom. The number of aromatic amines is 1. The number of carbonyl (C=O) groups excluding carboxylic acids is 1. The van der Waals surface area contributed by atoms with Crippen molar-refractivity contribution in [3.63, 3.8) is 0 Å². The Morgan fingerprint density at radius 3 is 2.02 bits per heavy atom. The van der Waals surface area contributed by atoms with Gasteiger partial charge in [-0.3, -0.25) is 4.98 Å². The molecule has 0 unspecified atom stereocenters. The van der Waals surface area contributed by atoms with E-state index in [0.29, 0.717) is 32.8 Å². The van der Waals surface area contributed by atoms with Crippen molar-refractivity contribution in [2.24, 2.45) is 5.41 Å². The van der Waals surface area contributed by atoms with Crippen LogP contribution in [0.25, 0.3) is 22.2 Å². The number of hydrogen-bond donors (Lipinski definition) is 1. The number of aromatic nitrogens is 2. The second-order valence-electron chi connectivity index (χ2n) is 17.8. The van der Waals surface area contributed by atoms with E-state index < -0.39 is 8.32 Å². The second kappa shape index (κ2) is 17.3. The van der Waals surface area contributed by atoms with Gasteiger partial charge in [0.15, 0.2) is 0 Å². The van der Waals surface area contributed by atoms with Crippen molar-refractivity contribution in [1.82, 2.24) is 14.9 Å². The molecule has 3 heterocycles. The molecule has 302 valence electrons. The minimum atomic E-state index is -2.75. The number of fused-ring (bicyclic) bond motifs is 1. The van der Waals surface area contributed by atoms with Gasteiger partial charge in [-0.1, -0.05) is 155 Å². The molecule has 6 aromatic rings. The van der Waals surface area contributed by atoms with Gasteiger partial charge in [0.25, 0.3) is 8.32 Å². The molecule has 0 radical (unpaired) electrons. The Balaban J connectivity index is 1.19. The zero-order chi connectivity index (χ0) is 41.1. The minimum Gasteiger partial charge on any atom is -0.445 e. The fraction of sp³-hybridized carbons (Fsp3) is 0.347. The van der Waals surface area contributed by atoms with Crippen LogP contribution in [0.5, 0.6) is 0 Å². The van der Waals surface area contributed by atoms with Gasteiger partial charge in [0.05, 0.1) is 23.3 Å². The number of nitrogens with zero attached hydrogens (tertiary/aromatic N) is 3. The average Bonchev–Trinajstić information content (AvgIpc) is 3.56. The van der Waals surface area contributed by atoms with Gasteiger partial charge < -0.3 is 23.9 Å². The van der Waals surface area contributed by atoms with E-state index in [4.69, 9.17) is 14.1 Å². The molecule has 0 saturated carbocycles. The van der Waals surface area contributed by atoms with Gasteiger partial charge in [0, 0.05) is 53.7 Å². The third-order valence-electron chi connectivity index (χ3n) is 11.4. The van der Waals surface area contributed by atoms with Crippen LogP contribution in [0.1, 0.15) is 71.2 Å². The molecular formula is C49H57BrN4O3Si. The highest BCUT2D eigenvalue weighted by atomic mass is 79.9. The molecule has 7 rings (SSSR count). The van der Waals surface area contributed by atoms with Gasteiger partial charge in [0.1, 0.15) is 6.61 Å². The van der Waals surface area contributed by atoms with Crippen LogP contribution in [-0.4, -0.2) is 62.1 Å². The molecule has 58 heavy (non-hydrogen) atoms. The first-order valence-corrected chi connectivity index (χ1v) is 23.2. The average molecular weight is 858 g/mol. The van der Waals surface area contributed by atoms with Crippen LogP contribution in [0.4, 0.5) is 10.5 Å². The summed E-state index contributed by atoms with van der Waals surface area (Å²) >= 11 is 3.79. The third kappa shape index (κ3) is 8.82. The molecule has 1 amide bonds. The summed E-state index contributed by atoms with van der Waals surface area (Å²) in [6, 6.07) is 40.5. The largest absolute Gasteiger partial charge is 0.445 e. The number of hydrogen-bond acceptors (Lipinski definition) is 5. The van der Waals surface area contributed by atoms with Crippen LogP contribution in [0.3, 0.4) is 0 Å². The number of ether oxygens (including phenoxy) is 1. The summed E-state index contributed by atoms with van der Waals surface area (Å²) in [5.74, 6) is 0.206. The fourth-order valence-electron chi connectivity index (χ4n) is 8.48. The molecule has 1 aliphatic rings. The number of piperazine rings is 1. The highest BCUT2D eigenvalue weighted by Gasteiger charge is 2.50. The van der Waals surface area contributed by atoms with Crippen molar-refractivity contribution >= 4 is 57.3 Å². The summed E-state index contributed by atoms with van der Waals surface area (Å²) in [4.78, 5) is 26.1. The second-order valence-corrected chi connectivity index (χ2v) is 23.0. The number of rotatable bonds is 12. The standard InChI is InChI=1S/C49H57BrN4O3Si/c1-35(2)45-42(30-38(32-51-45)53-25-27-54(28-26-53)47(55)56-33-36-17-11-8-12-18-36)46-43(41-29-37(50)23-24-44(41)52-46)31-49(6,7)34-57-58(48(3,4)5,39-19-13-9-14-20-39)40-21-15-10-16-22-40/h8-24,29-30,32,35,52H,25-28,31,33-34H2,1-7H3. The molecule has 1 saturated heterocycles. The van der Waals surface area contributed by atoms with Crippen molar-refractivity contribution in [3.05, 3.63) is 143 Å². The van der Waals surface area contributed by atoms with Gasteiger partial charge >= 0.3 is 6.09 Å².